The lowest BCUT2D eigenvalue weighted by molar-refractivity contribution is -0.147. The maximum absolute atomic E-state index is 12.8. The second kappa shape index (κ2) is 6.73. The molecular weight excluding hydrogens is 326 g/mol. The summed E-state index contributed by atoms with van der Waals surface area (Å²) in [7, 11) is -1.21. The highest BCUT2D eigenvalue weighted by Gasteiger charge is 2.39. The van der Waals surface area contributed by atoms with Gasteiger partial charge in [-0.05, 0) is 18.6 Å². The Kier molecular flexibility index (Phi) is 5.12. The molecular formula is C14H19NO7S. The van der Waals surface area contributed by atoms with Gasteiger partial charge in [-0.1, -0.05) is 0 Å². The largest absolute Gasteiger partial charge is 0.497 e. The van der Waals surface area contributed by atoms with Crippen molar-refractivity contribution in [2.75, 3.05) is 27.3 Å². The Labute approximate surface area is 134 Å². The number of aliphatic carboxylic acids is 1. The van der Waals surface area contributed by atoms with Gasteiger partial charge in [0.25, 0.3) is 0 Å². The van der Waals surface area contributed by atoms with Crippen LogP contribution in [0.4, 0.5) is 0 Å². The molecule has 1 saturated heterocycles. The average molecular weight is 345 g/mol. The molecule has 0 aliphatic carbocycles. The summed E-state index contributed by atoms with van der Waals surface area (Å²) >= 11 is 0. The van der Waals surface area contributed by atoms with Crippen molar-refractivity contribution in [3.63, 3.8) is 0 Å². The van der Waals surface area contributed by atoms with E-state index in [1.165, 1.54) is 26.4 Å². The number of piperidine rings is 1. The van der Waals surface area contributed by atoms with Crippen LogP contribution in [0.5, 0.6) is 11.5 Å². The molecule has 0 unspecified atom stereocenters. The van der Waals surface area contributed by atoms with Gasteiger partial charge in [0.1, 0.15) is 16.4 Å². The van der Waals surface area contributed by atoms with E-state index in [0.717, 1.165) is 4.31 Å². The van der Waals surface area contributed by atoms with Crippen molar-refractivity contribution in [1.29, 1.82) is 0 Å². The predicted octanol–water partition coefficient (Wildman–Crippen LogP) is 0.160. The van der Waals surface area contributed by atoms with Gasteiger partial charge in [0, 0.05) is 19.2 Å². The number of hydrogen-bond donors (Lipinski definition) is 2. The van der Waals surface area contributed by atoms with Gasteiger partial charge in [-0.2, -0.15) is 4.31 Å². The lowest BCUT2D eigenvalue weighted by atomic mass is 9.96. The predicted molar refractivity (Wildman–Crippen MR) is 80.1 cm³/mol. The molecule has 2 atom stereocenters. The van der Waals surface area contributed by atoms with E-state index in [1.807, 2.05) is 0 Å². The fraction of sp³-hybridized carbons (Fsp3) is 0.500. The van der Waals surface area contributed by atoms with Crippen molar-refractivity contribution >= 4 is 16.0 Å². The van der Waals surface area contributed by atoms with Gasteiger partial charge in [0.2, 0.25) is 10.0 Å². The van der Waals surface area contributed by atoms with Crippen molar-refractivity contribution in [2.45, 2.75) is 17.4 Å². The molecule has 1 aliphatic heterocycles. The number of carboxylic acids is 1. The van der Waals surface area contributed by atoms with Crippen LogP contribution in [0.25, 0.3) is 0 Å². The molecule has 8 nitrogen and oxygen atoms in total. The number of aliphatic hydroxyl groups excluding tert-OH is 1. The number of carboxylic acid groups (broad SMARTS) is 1. The number of aliphatic hydroxyl groups is 1. The Bertz CT molecular complexity index is 688. The first kappa shape index (κ1) is 17.5. The molecule has 1 fully saturated rings. The van der Waals surface area contributed by atoms with Gasteiger partial charge in [-0.3, -0.25) is 4.79 Å². The molecule has 2 rings (SSSR count). The zero-order valence-electron chi connectivity index (χ0n) is 12.8. The van der Waals surface area contributed by atoms with Gasteiger partial charge in [0.15, 0.2) is 0 Å². The van der Waals surface area contributed by atoms with E-state index in [0.29, 0.717) is 5.75 Å². The molecule has 0 aromatic heterocycles. The Hall–Kier alpha value is -1.84. The van der Waals surface area contributed by atoms with E-state index in [4.69, 9.17) is 14.6 Å². The second-order valence-corrected chi connectivity index (χ2v) is 7.09. The summed E-state index contributed by atoms with van der Waals surface area (Å²) in [6, 6.07) is 4.37. The van der Waals surface area contributed by atoms with Crippen LogP contribution in [0.1, 0.15) is 6.42 Å². The molecule has 1 aliphatic rings. The third-order valence-electron chi connectivity index (χ3n) is 3.84. The summed E-state index contributed by atoms with van der Waals surface area (Å²) < 4.78 is 36.8. The summed E-state index contributed by atoms with van der Waals surface area (Å²) in [6.45, 7) is -0.257. The van der Waals surface area contributed by atoms with E-state index >= 15 is 0 Å². The molecule has 1 heterocycles. The van der Waals surface area contributed by atoms with Crippen LogP contribution in [0.3, 0.4) is 0 Å². The molecule has 0 spiro atoms. The number of benzene rings is 1. The zero-order chi connectivity index (χ0) is 17.2. The number of carbonyl (C=O) groups is 1. The van der Waals surface area contributed by atoms with E-state index in [-0.39, 0.29) is 30.2 Å². The highest BCUT2D eigenvalue weighted by atomic mass is 32.2. The minimum atomic E-state index is -3.97. The highest BCUT2D eigenvalue weighted by Crippen LogP contribution is 2.32. The fourth-order valence-electron chi connectivity index (χ4n) is 2.50. The molecule has 0 amide bonds. The molecule has 0 bridgehead atoms. The van der Waals surface area contributed by atoms with Crippen LogP contribution in [0.2, 0.25) is 0 Å². The van der Waals surface area contributed by atoms with Crippen molar-refractivity contribution < 1.29 is 32.9 Å². The molecule has 0 radical (unpaired) electrons. The number of methoxy groups -OCH3 is 2. The van der Waals surface area contributed by atoms with Gasteiger partial charge < -0.3 is 19.7 Å². The maximum Gasteiger partial charge on any atom is 0.310 e. The topological polar surface area (TPSA) is 113 Å². The van der Waals surface area contributed by atoms with Crippen molar-refractivity contribution in [3.8, 4) is 11.5 Å². The smallest absolute Gasteiger partial charge is 0.310 e. The lowest BCUT2D eigenvalue weighted by Crippen LogP contribution is -2.48. The van der Waals surface area contributed by atoms with Crippen molar-refractivity contribution in [2.24, 2.45) is 5.92 Å². The standard InChI is InChI=1S/C14H19NO7S/c1-21-9-3-4-12(22-2)13(7-9)23(19,20)15-6-5-11(16)10(8-15)14(17)18/h3-4,7,10-11,16H,5-6,8H2,1-2H3,(H,17,18)/t10-,11+/m0/s1. The van der Waals surface area contributed by atoms with E-state index in [9.17, 15) is 18.3 Å². The molecule has 23 heavy (non-hydrogen) atoms. The van der Waals surface area contributed by atoms with Crippen LogP contribution in [-0.2, 0) is 14.8 Å². The Morgan fingerprint density at radius 2 is 2.00 bits per heavy atom. The maximum atomic E-state index is 12.8. The highest BCUT2D eigenvalue weighted by molar-refractivity contribution is 7.89. The lowest BCUT2D eigenvalue weighted by Gasteiger charge is -2.33. The first-order valence-electron chi connectivity index (χ1n) is 6.94. The van der Waals surface area contributed by atoms with Gasteiger partial charge in [-0.15, -0.1) is 0 Å². The van der Waals surface area contributed by atoms with Crippen LogP contribution < -0.4 is 9.47 Å². The molecule has 128 valence electrons. The van der Waals surface area contributed by atoms with Crippen molar-refractivity contribution in [3.05, 3.63) is 18.2 Å². The van der Waals surface area contributed by atoms with Crippen molar-refractivity contribution in [1.82, 2.24) is 4.31 Å². The summed E-state index contributed by atoms with van der Waals surface area (Å²) in [4.78, 5) is 11.1. The minimum Gasteiger partial charge on any atom is -0.497 e. The SMILES string of the molecule is COc1ccc(OC)c(S(=O)(=O)N2CC[C@@H](O)[C@@H](C(=O)O)C2)c1. The van der Waals surface area contributed by atoms with E-state index < -0.39 is 28.0 Å². The number of rotatable bonds is 5. The normalized spacial score (nSPS) is 22.6. The van der Waals surface area contributed by atoms with Gasteiger partial charge in [0.05, 0.1) is 26.2 Å². The summed E-state index contributed by atoms with van der Waals surface area (Å²) in [5.74, 6) is -1.90. The summed E-state index contributed by atoms with van der Waals surface area (Å²) in [5, 5.41) is 18.8. The Balaban J connectivity index is 2.40. The third-order valence-corrected chi connectivity index (χ3v) is 5.73. The third kappa shape index (κ3) is 3.41. The number of ether oxygens (including phenoxy) is 2. The minimum absolute atomic E-state index is 0.0354. The zero-order valence-corrected chi connectivity index (χ0v) is 13.6. The molecule has 0 saturated carbocycles. The summed E-state index contributed by atoms with van der Waals surface area (Å²) in [6.07, 6.45) is -1.01. The average Bonchev–Trinajstić information content (AvgIpc) is 2.54. The number of sulfonamides is 1. The van der Waals surface area contributed by atoms with Gasteiger partial charge >= 0.3 is 5.97 Å². The molecule has 2 N–H and O–H groups in total. The Morgan fingerprint density at radius 1 is 1.30 bits per heavy atom. The van der Waals surface area contributed by atoms with Crippen LogP contribution in [-0.4, -0.2) is 62.3 Å². The number of nitrogens with zero attached hydrogens (tertiary/aromatic N) is 1. The van der Waals surface area contributed by atoms with E-state index in [2.05, 4.69) is 0 Å². The number of hydrogen-bond acceptors (Lipinski definition) is 6. The second-order valence-electron chi connectivity index (χ2n) is 5.18. The molecule has 1 aromatic carbocycles. The quantitative estimate of drug-likeness (QED) is 0.781. The van der Waals surface area contributed by atoms with Gasteiger partial charge in [-0.25, -0.2) is 8.42 Å². The van der Waals surface area contributed by atoms with Crippen LogP contribution in [0, 0.1) is 5.92 Å². The monoisotopic (exact) mass is 345 g/mol. The van der Waals surface area contributed by atoms with E-state index in [1.54, 1.807) is 6.07 Å². The first-order valence-corrected chi connectivity index (χ1v) is 8.38. The fourth-order valence-corrected chi connectivity index (χ4v) is 4.15. The summed E-state index contributed by atoms with van der Waals surface area (Å²) in [5.41, 5.74) is 0. The Morgan fingerprint density at radius 3 is 2.57 bits per heavy atom. The molecule has 1 aromatic rings. The van der Waals surface area contributed by atoms with Crippen LogP contribution in [0.15, 0.2) is 23.1 Å². The molecule has 9 heteroatoms. The van der Waals surface area contributed by atoms with Crippen LogP contribution >= 0.6 is 0 Å². The first-order chi connectivity index (χ1) is 10.8.